The Labute approximate surface area is 471 Å². The third-order valence-electron chi connectivity index (χ3n) is 14.6. The molecule has 1 saturated heterocycles. The molecule has 0 aromatic heterocycles. The second-order valence-electron chi connectivity index (χ2n) is 21.8. The highest BCUT2D eigenvalue weighted by Crippen LogP contribution is 2.26. The summed E-state index contributed by atoms with van der Waals surface area (Å²) in [6.45, 7) is 5.74. The summed E-state index contributed by atoms with van der Waals surface area (Å²) in [5.41, 5.74) is 0. The van der Waals surface area contributed by atoms with Gasteiger partial charge in [0, 0.05) is 6.42 Å². The maximum Gasteiger partial charge on any atom is 0.306 e. The highest BCUT2D eigenvalue weighted by Gasteiger charge is 2.47. The number of carbonyl (C=O) groups is 2. The number of nitrogens with one attached hydrogen (secondary N) is 1. The molecule has 1 aliphatic heterocycles. The lowest BCUT2D eigenvalue weighted by Gasteiger charge is -2.41. The monoisotopic (exact) mass is 1080 g/mol. The van der Waals surface area contributed by atoms with Crippen molar-refractivity contribution in [3.8, 4) is 0 Å². The van der Waals surface area contributed by atoms with Gasteiger partial charge in [0.1, 0.15) is 24.4 Å². The van der Waals surface area contributed by atoms with Gasteiger partial charge in [-0.3, -0.25) is 9.59 Å². The predicted octanol–water partition coefficient (Wildman–Crippen LogP) is 15.2. The van der Waals surface area contributed by atoms with Crippen LogP contribution in [0.1, 0.15) is 271 Å². The molecular formula is C66H117NO10. The molecule has 11 heteroatoms. The molecule has 1 amide bonds. The van der Waals surface area contributed by atoms with Crippen molar-refractivity contribution >= 4 is 11.9 Å². The largest absolute Gasteiger partial charge is 0.454 e. The number of aliphatic hydroxyl groups excluding tert-OH is 5. The molecule has 0 aliphatic carbocycles. The normalized spacial score (nSPS) is 19.5. The first kappa shape index (κ1) is 72.1. The molecular weight excluding hydrogens is 967 g/mol. The van der Waals surface area contributed by atoms with Crippen molar-refractivity contribution in [2.45, 2.75) is 320 Å². The van der Waals surface area contributed by atoms with Gasteiger partial charge in [0.05, 0.1) is 25.4 Å². The van der Waals surface area contributed by atoms with E-state index < -0.39 is 67.4 Å². The molecule has 1 heterocycles. The van der Waals surface area contributed by atoms with Crippen molar-refractivity contribution < 1.29 is 49.3 Å². The molecule has 0 bridgehead atoms. The smallest absolute Gasteiger partial charge is 0.306 e. The summed E-state index contributed by atoms with van der Waals surface area (Å²) in [6, 6.07) is -1.04. The summed E-state index contributed by atoms with van der Waals surface area (Å²) in [4.78, 5) is 26.5. The number of allylic oxidation sites excluding steroid dienone is 11. The summed E-state index contributed by atoms with van der Waals surface area (Å²) in [5.74, 6) is -1.22. The van der Waals surface area contributed by atoms with Gasteiger partial charge in [-0.2, -0.15) is 0 Å². The van der Waals surface area contributed by atoms with Gasteiger partial charge in [-0.25, -0.2) is 0 Å². The first-order valence-electron chi connectivity index (χ1n) is 31.7. The Morgan fingerprint density at radius 1 is 0.506 bits per heavy atom. The van der Waals surface area contributed by atoms with Gasteiger partial charge in [-0.05, 0) is 96.3 Å². The van der Waals surface area contributed by atoms with Crippen LogP contribution in [-0.2, 0) is 23.8 Å². The second kappa shape index (κ2) is 53.7. The first-order valence-corrected chi connectivity index (χ1v) is 31.7. The van der Waals surface area contributed by atoms with Crippen LogP contribution < -0.4 is 5.32 Å². The van der Waals surface area contributed by atoms with Crippen molar-refractivity contribution in [2.24, 2.45) is 0 Å². The first-order chi connectivity index (χ1) is 37.7. The minimum absolute atomic E-state index is 0.107. The molecule has 77 heavy (non-hydrogen) atoms. The summed E-state index contributed by atoms with van der Waals surface area (Å²) in [7, 11) is 0. The Kier molecular flexibility index (Phi) is 50.3. The summed E-state index contributed by atoms with van der Waals surface area (Å²) in [5, 5.41) is 56.9. The maximum atomic E-state index is 13.4. The molecule has 6 N–H and O–H groups in total. The fraction of sp³-hybridized carbons (Fsp3) is 0.788. The predicted molar refractivity (Wildman–Crippen MR) is 319 cm³/mol. The number of hydrogen-bond donors (Lipinski definition) is 6. The lowest BCUT2D eigenvalue weighted by Crippen LogP contribution is -2.61. The van der Waals surface area contributed by atoms with E-state index >= 15 is 0 Å². The van der Waals surface area contributed by atoms with Gasteiger partial charge in [0.15, 0.2) is 12.4 Å². The number of hydrogen-bond acceptors (Lipinski definition) is 10. The van der Waals surface area contributed by atoms with Crippen LogP contribution in [0.5, 0.6) is 0 Å². The number of unbranched alkanes of at least 4 members (excludes halogenated alkanes) is 29. The van der Waals surface area contributed by atoms with Crippen LogP contribution in [-0.4, -0.2) is 99.6 Å². The van der Waals surface area contributed by atoms with Gasteiger partial charge in [-0.15, -0.1) is 0 Å². The lowest BCUT2D eigenvalue weighted by molar-refractivity contribution is -0.305. The standard InChI is InChI=1S/C66H117NO10/c1-4-7-10-13-16-19-22-25-26-27-28-29-30-31-32-33-34-36-39-42-45-48-51-54-61(71)77-64-63(73)62(72)60(55-68)76-66(64)75-56-57(58(69)52-49-46-43-40-38-35-23-20-17-14-11-8-5-2)67-65(74)59(70)53-50-47-44-41-37-24-21-18-15-12-9-6-3/h16,19,25-26,28-29,31-32,37,41,49,52,57-60,62-64,66,68-70,72-73H,4-15,17-18,20-24,27,30,33-36,38-40,42-48,50-51,53-56H2,1-3H3,(H,67,74)/b19-16-,26-25-,29-28-,32-31-,41-37-,52-49+. The number of rotatable bonds is 53. The minimum Gasteiger partial charge on any atom is -0.454 e. The van der Waals surface area contributed by atoms with Crippen LogP contribution in [0.4, 0.5) is 0 Å². The molecule has 8 atom stereocenters. The Morgan fingerprint density at radius 3 is 1.38 bits per heavy atom. The second-order valence-corrected chi connectivity index (χ2v) is 21.8. The molecule has 0 aromatic carbocycles. The summed E-state index contributed by atoms with van der Waals surface area (Å²) in [6.07, 6.45) is 58.0. The number of ether oxygens (including phenoxy) is 3. The summed E-state index contributed by atoms with van der Waals surface area (Å²) < 4.78 is 17.6. The number of amides is 1. The van der Waals surface area contributed by atoms with Gasteiger partial charge < -0.3 is 45.1 Å². The number of carbonyl (C=O) groups excluding carboxylic acids is 2. The van der Waals surface area contributed by atoms with Crippen molar-refractivity contribution in [3.05, 3.63) is 72.9 Å². The fourth-order valence-electron chi connectivity index (χ4n) is 9.51. The van der Waals surface area contributed by atoms with E-state index in [1.54, 1.807) is 6.08 Å². The quantitative estimate of drug-likeness (QED) is 0.0195. The highest BCUT2D eigenvalue weighted by atomic mass is 16.7. The molecule has 0 saturated carbocycles. The molecule has 446 valence electrons. The highest BCUT2D eigenvalue weighted by molar-refractivity contribution is 5.80. The SMILES string of the molecule is CCCCC/C=C\C/C=C\C/C=C\C/C=C\CCCCCCCCCC(=O)OC1C(OCC(NC(=O)C(O)CCCC/C=C\CCCCCCCC)C(O)/C=C/CCCCCCCCCCCCC)OC(CO)C(O)C1O. The topological polar surface area (TPSA) is 175 Å². The third kappa shape index (κ3) is 41.7. The molecule has 0 aromatic rings. The fourth-order valence-corrected chi connectivity index (χ4v) is 9.51. The van der Waals surface area contributed by atoms with E-state index in [1.165, 1.54) is 122 Å². The van der Waals surface area contributed by atoms with E-state index in [0.29, 0.717) is 12.8 Å². The van der Waals surface area contributed by atoms with Gasteiger partial charge >= 0.3 is 5.97 Å². The molecule has 0 radical (unpaired) electrons. The number of esters is 1. The molecule has 11 nitrogen and oxygen atoms in total. The van der Waals surface area contributed by atoms with Crippen LogP contribution >= 0.6 is 0 Å². The van der Waals surface area contributed by atoms with E-state index in [1.807, 2.05) is 6.08 Å². The zero-order valence-corrected chi connectivity index (χ0v) is 49.3. The van der Waals surface area contributed by atoms with Crippen LogP contribution in [0.3, 0.4) is 0 Å². The Balaban J connectivity index is 2.66. The minimum atomic E-state index is -1.62. The van der Waals surface area contributed by atoms with Crippen molar-refractivity contribution in [1.29, 1.82) is 0 Å². The zero-order valence-electron chi connectivity index (χ0n) is 49.3. The van der Waals surface area contributed by atoms with Crippen LogP contribution in [0.15, 0.2) is 72.9 Å². The third-order valence-corrected chi connectivity index (χ3v) is 14.6. The summed E-state index contributed by atoms with van der Waals surface area (Å²) >= 11 is 0. The van der Waals surface area contributed by atoms with Crippen LogP contribution in [0, 0.1) is 0 Å². The van der Waals surface area contributed by atoms with Crippen LogP contribution in [0.2, 0.25) is 0 Å². The van der Waals surface area contributed by atoms with Crippen molar-refractivity contribution in [1.82, 2.24) is 5.32 Å². The Bertz CT molecular complexity index is 1530. The van der Waals surface area contributed by atoms with Gasteiger partial charge in [0.25, 0.3) is 0 Å². The lowest BCUT2D eigenvalue weighted by atomic mass is 9.99. The Morgan fingerprint density at radius 2 is 0.896 bits per heavy atom. The van der Waals surface area contributed by atoms with Crippen molar-refractivity contribution in [3.63, 3.8) is 0 Å². The van der Waals surface area contributed by atoms with E-state index in [0.717, 1.165) is 103 Å². The maximum absolute atomic E-state index is 13.4. The molecule has 1 rings (SSSR count). The zero-order chi connectivity index (χ0) is 56.1. The molecule has 1 aliphatic rings. The van der Waals surface area contributed by atoms with E-state index in [2.05, 4.69) is 86.8 Å². The average molecular weight is 1080 g/mol. The van der Waals surface area contributed by atoms with Crippen molar-refractivity contribution in [2.75, 3.05) is 13.2 Å². The average Bonchev–Trinajstić information content (AvgIpc) is 3.43. The van der Waals surface area contributed by atoms with E-state index in [9.17, 15) is 35.1 Å². The van der Waals surface area contributed by atoms with E-state index in [-0.39, 0.29) is 19.4 Å². The Hall–Kier alpha value is -2.90. The van der Waals surface area contributed by atoms with Crippen LogP contribution in [0.25, 0.3) is 0 Å². The van der Waals surface area contributed by atoms with Gasteiger partial charge in [-0.1, -0.05) is 241 Å². The molecule has 0 spiro atoms. The molecule has 8 unspecified atom stereocenters. The molecule has 1 fully saturated rings. The van der Waals surface area contributed by atoms with Gasteiger partial charge in [0.2, 0.25) is 5.91 Å². The van der Waals surface area contributed by atoms with E-state index in [4.69, 9.17) is 14.2 Å². The number of aliphatic hydroxyl groups is 5.